The molecule has 0 aliphatic carbocycles. The average molecular weight is 281 g/mol. The second kappa shape index (κ2) is 4.87. The minimum Gasteiger partial charge on any atom is -0.349 e. The predicted molar refractivity (Wildman–Crippen MR) is 83.2 cm³/mol. The molecule has 1 aliphatic rings. The highest BCUT2D eigenvalue weighted by Gasteiger charge is 2.28. The predicted octanol–water partition coefficient (Wildman–Crippen LogP) is 4.03. The first-order chi connectivity index (χ1) is 9.93. The van der Waals surface area contributed by atoms with Gasteiger partial charge in [-0.05, 0) is 29.9 Å². The van der Waals surface area contributed by atoms with Crippen molar-refractivity contribution in [3.63, 3.8) is 0 Å². The van der Waals surface area contributed by atoms with Crippen LogP contribution in [0.5, 0.6) is 0 Å². The van der Waals surface area contributed by atoms with Gasteiger partial charge in [-0.1, -0.05) is 30.3 Å². The van der Waals surface area contributed by atoms with Crippen molar-refractivity contribution in [2.24, 2.45) is 0 Å². The molecule has 3 nitrogen and oxygen atoms in total. The Hall–Kier alpha value is -1.94. The maximum absolute atomic E-state index is 4.56. The summed E-state index contributed by atoms with van der Waals surface area (Å²) in [7, 11) is 0. The van der Waals surface area contributed by atoms with Gasteiger partial charge in [0.15, 0.2) is 0 Å². The van der Waals surface area contributed by atoms with Gasteiger partial charge in [-0.15, -0.1) is 11.3 Å². The molecule has 4 heteroatoms. The number of benzene rings is 1. The van der Waals surface area contributed by atoms with Crippen LogP contribution in [0.3, 0.4) is 0 Å². The zero-order valence-electron chi connectivity index (χ0n) is 11.1. The van der Waals surface area contributed by atoms with Crippen molar-refractivity contribution in [3.05, 3.63) is 53.7 Å². The molecule has 0 bridgehead atoms. The van der Waals surface area contributed by atoms with E-state index in [1.807, 2.05) is 0 Å². The van der Waals surface area contributed by atoms with Crippen LogP contribution in [0.25, 0.3) is 10.2 Å². The molecular formula is C16H15N3S. The van der Waals surface area contributed by atoms with Gasteiger partial charge in [-0.2, -0.15) is 0 Å². The van der Waals surface area contributed by atoms with Gasteiger partial charge in [0.25, 0.3) is 0 Å². The maximum Gasteiger partial charge on any atom is 0.141 e. The highest BCUT2D eigenvalue weighted by molar-refractivity contribution is 7.16. The van der Waals surface area contributed by atoms with E-state index in [1.54, 1.807) is 17.7 Å². The Balaban J connectivity index is 1.79. The molecule has 100 valence electrons. The molecule has 0 saturated carbocycles. The van der Waals surface area contributed by atoms with Gasteiger partial charge in [-0.3, -0.25) is 0 Å². The van der Waals surface area contributed by atoms with Gasteiger partial charge < -0.3 is 4.90 Å². The molecule has 3 heterocycles. The lowest BCUT2D eigenvalue weighted by atomic mass is 10.0. The SMILES string of the molecule is c1ccc(C2CCCN2c2ncnc3sccc23)cc1. The van der Waals surface area contributed by atoms with E-state index in [-0.39, 0.29) is 0 Å². The lowest BCUT2D eigenvalue weighted by Gasteiger charge is -2.26. The van der Waals surface area contributed by atoms with E-state index in [0.717, 1.165) is 17.2 Å². The number of fused-ring (bicyclic) bond motifs is 1. The Kier molecular flexibility index (Phi) is 2.89. The van der Waals surface area contributed by atoms with Crippen molar-refractivity contribution in [1.82, 2.24) is 9.97 Å². The Morgan fingerprint density at radius 2 is 2.00 bits per heavy atom. The molecule has 1 aromatic carbocycles. The molecule has 0 spiro atoms. The summed E-state index contributed by atoms with van der Waals surface area (Å²) in [6.07, 6.45) is 4.10. The molecule has 2 aromatic heterocycles. The van der Waals surface area contributed by atoms with Crippen LogP contribution < -0.4 is 4.90 Å². The van der Waals surface area contributed by atoms with E-state index in [2.05, 4.69) is 56.6 Å². The maximum atomic E-state index is 4.56. The topological polar surface area (TPSA) is 29.0 Å². The van der Waals surface area contributed by atoms with Crippen LogP contribution in [0.1, 0.15) is 24.4 Å². The second-order valence-corrected chi connectivity index (χ2v) is 5.99. The van der Waals surface area contributed by atoms with Crippen LogP contribution >= 0.6 is 11.3 Å². The fourth-order valence-electron chi connectivity index (χ4n) is 3.05. The number of hydrogen-bond donors (Lipinski definition) is 0. The fraction of sp³-hybridized carbons (Fsp3) is 0.250. The van der Waals surface area contributed by atoms with Crippen molar-refractivity contribution >= 4 is 27.4 Å². The van der Waals surface area contributed by atoms with E-state index >= 15 is 0 Å². The number of anilines is 1. The van der Waals surface area contributed by atoms with Gasteiger partial charge >= 0.3 is 0 Å². The fourth-order valence-corrected chi connectivity index (χ4v) is 3.78. The average Bonchev–Trinajstić information content (AvgIpc) is 3.16. The smallest absolute Gasteiger partial charge is 0.141 e. The highest BCUT2D eigenvalue weighted by Crippen LogP contribution is 2.38. The van der Waals surface area contributed by atoms with E-state index in [9.17, 15) is 0 Å². The molecule has 20 heavy (non-hydrogen) atoms. The summed E-state index contributed by atoms with van der Waals surface area (Å²) in [6, 6.07) is 13.3. The third-order valence-electron chi connectivity index (χ3n) is 3.95. The van der Waals surface area contributed by atoms with Gasteiger partial charge in [0.05, 0.1) is 11.4 Å². The second-order valence-electron chi connectivity index (χ2n) is 5.10. The third-order valence-corrected chi connectivity index (χ3v) is 4.77. The van der Waals surface area contributed by atoms with Gasteiger partial charge in [0.1, 0.15) is 17.0 Å². The number of hydrogen-bond acceptors (Lipinski definition) is 4. The molecule has 4 rings (SSSR count). The first-order valence-corrected chi connectivity index (χ1v) is 7.81. The van der Waals surface area contributed by atoms with Crippen molar-refractivity contribution in [1.29, 1.82) is 0 Å². The van der Waals surface area contributed by atoms with E-state index in [4.69, 9.17) is 0 Å². The number of thiophene rings is 1. The van der Waals surface area contributed by atoms with Crippen molar-refractivity contribution in [2.75, 3.05) is 11.4 Å². The first kappa shape index (κ1) is 11.9. The lowest BCUT2D eigenvalue weighted by Crippen LogP contribution is -2.23. The molecule has 0 radical (unpaired) electrons. The molecular weight excluding hydrogens is 266 g/mol. The molecule has 3 aromatic rings. The Labute approximate surface area is 121 Å². The Morgan fingerprint density at radius 3 is 2.90 bits per heavy atom. The van der Waals surface area contributed by atoms with Crippen LogP contribution in [0.15, 0.2) is 48.1 Å². The quantitative estimate of drug-likeness (QED) is 0.710. The van der Waals surface area contributed by atoms with E-state index in [1.165, 1.54) is 23.8 Å². The molecule has 1 unspecified atom stereocenters. The standard InChI is InChI=1S/C16H15N3S/c1-2-5-12(6-3-1)14-7-4-9-19(14)15-13-8-10-20-16(13)18-11-17-15/h1-3,5-6,8,10-11,14H,4,7,9H2. The molecule has 1 atom stereocenters. The Bertz CT molecular complexity index is 723. The lowest BCUT2D eigenvalue weighted by molar-refractivity contribution is 0.713. The van der Waals surface area contributed by atoms with E-state index < -0.39 is 0 Å². The summed E-state index contributed by atoms with van der Waals surface area (Å²) in [5.74, 6) is 1.09. The van der Waals surface area contributed by atoms with Crippen molar-refractivity contribution in [2.45, 2.75) is 18.9 Å². The van der Waals surface area contributed by atoms with Crippen LogP contribution in [0.4, 0.5) is 5.82 Å². The summed E-state index contributed by atoms with van der Waals surface area (Å²) in [4.78, 5) is 12.4. The summed E-state index contributed by atoms with van der Waals surface area (Å²) >= 11 is 1.68. The molecule has 0 amide bonds. The highest BCUT2D eigenvalue weighted by atomic mass is 32.1. The molecule has 1 aliphatic heterocycles. The minimum absolute atomic E-state index is 0.439. The molecule has 1 fully saturated rings. The largest absolute Gasteiger partial charge is 0.349 e. The van der Waals surface area contributed by atoms with E-state index in [0.29, 0.717) is 6.04 Å². The van der Waals surface area contributed by atoms with Crippen molar-refractivity contribution < 1.29 is 0 Å². The van der Waals surface area contributed by atoms with Gasteiger partial charge in [0.2, 0.25) is 0 Å². The van der Waals surface area contributed by atoms with Crippen LogP contribution in [-0.2, 0) is 0 Å². The number of nitrogens with zero attached hydrogens (tertiary/aromatic N) is 3. The summed E-state index contributed by atoms with van der Waals surface area (Å²) in [6.45, 7) is 1.07. The third kappa shape index (κ3) is 1.88. The summed E-state index contributed by atoms with van der Waals surface area (Å²) in [5, 5.41) is 3.27. The van der Waals surface area contributed by atoms with Crippen LogP contribution in [0, 0.1) is 0 Å². The van der Waals surface area contributed by atoms with Gasteiger partial charge in [-0.25, -0.2) is 9.97 Å². The minimum atomic E-state index is 0.439. The van der Waals surface area contributed by atoms with Crippen molar-refractivity contribution in [3.8, 4) is 0 Å². The Morgan fingerprint density at radius 1 is 1.10 bits per heavy atom. The zero-order chi connectivity index (χ0) is 13.4. The first-order valence-electron chi connectivity index (χ1n) is 6.93. The summed E-state index contributed by atoms with van der Waals surface area (Å²) < 4.78 is 0. The normalized spacial score (nSPS) is 18.8. The van der Waals surface area contributed by atoms with Gasteiger partial charge in [0, 0.05) is 6.54 Å². The van der Waals surface area contributed by atoms with Crippen LogP contribution in [-0.4, -0.2) is 16.5 Å². The molecule has 1 saturated heterocycles. The number of aromatic nitrogens is 2. The zero-order valence-corrected chi connectivity index (χ0v) is 11.9. The monoisotopic (exact) mass is 281 g/mol. The summed E-state index contributed by atoms with van der Waals surface area (Å²) in [5.41, 5.74) is 1.38. The number of rotatable bonds is 2. The van der Waals surface area contributed by atoms with Crippen LogP contribution in [0.2, 0.25) is 0 Å². The molecule has 0 N–H and O–H groups in total.